The molecule has 0 spiro atoms. The average Bonchev–Trinajstić information content (AvgIpc) is 3.29. The maximum atomic E-state index is 2.31. The minimum atomic E-state index is 1.12. The zero-order valence-electron chi connectivity index (χ0n) is 31.5. The van der Waals surface area contributed by atoms with Crippen LogP contribution in [0.4, 0.5) is 17.1 Å². The highest BCUT2D eigenvalue weighted by Gasteiger charge is 2.18. The van der Waals surface area contributed by atoms with Crippen LogP contribution < -0.4 is 4.90 Å². The van der Waals surface area contributed by atoms with Crippen molar-refractivity contribution in [3.05, 3.63) is 236 Å². The second kappa shape index (κ2) is 15.0. The van der Waals surface area contributed by atoms with Gasteiger partial charge in [0.1, 0.15) is 0 Å². The lowest BCUT2D eigenvalue weighted by molar-refractivity contribution is 1.28. The minimum Gasteiger partial charge on any atom is -0.311 e. The largest absolute Gasteiger partial charge is 0.311 e. The highest BCUT2D eigenvalue weighted by molar-refractivity contribution is 6.21. The molecule has 0 aliphatic rings. The zero-order chi connectivity index (χ0) is 38.0. The van der Waals surface area contributed by atoms with Gasteiger partial charge in [0.2, 0.25) is 0 Å². The van der Waals surface area contributed by atoms with Crippen LogP contribution in [0.1, 0.15) is 11.1 Å². The van der Waals surface area contributed by atoms with Crippen molar-refractivity contribution in [2.75, 3.05) is 4.90 Å². The van der Waals surface area contributed by atoms with Crippen molar-refractivity contribution in [3.8, 4) is 33.4 Å². The molecule has 268 valence electrons. The summed E-state index contributed by atoms with van der Waals surface area (Å²) in [5.74, 6) is 0. The average molecular weight is 726 g/mol. The van der Waals surface area contributed by atoms with Crippen molar-refractivity contribution in [1.29, 1.82) is 0 Å². The molecule has 0 aliphatic carbocycles. The molecule has 0 fully saturated rings. The van der Waals surface area contributed by atoms with Crippen LogP contribution >= 0.6 is 0 Å². The highest BCUT2D eigenvalue weighted by Crippen LogP contribution is 2.44. The Morgan fingerprint density at radius 1 is 0.263 bits per heavy atom. The van der Waals surface area contributed by atoms with E-state index < -0.39 is 0 Å². The third-order valence-corrected chi connectivity index (χ3v) is 11.1. The fraction of sp³-hybridized carbons (Fsp3) is 0. The van der Waals surface area contributed by atoms with Gasteiger partial charge in [0, 0.05) is 17.1 Å². The standard InChI is InChI=1S/C56H39N/c1-4-16-41(17-5-1)49-39-36-42(48-22-10-11-23-50(48)49)31-28-40-29-32-43(33-30-40)55-51-24-12-14-26-53(51)56(54-27-15-13-25-52(54)55)44-34-37-47(38-35-44)57(45-18-6-2-7-19-45)46-20-8-3-9-21-46/h1-39H. The van der Waals surface area contributed by atoms with E-state index >= 15 is 0 Å². The SMILES string of the molecule is C(=Cc1ccc(-c2ccccc2)c2ccccc12)c1ccc(-c2c3ccccc3c(-c3ccc(N(c4ccccc4)c4ccccc4)cc3)c3ccccc23)cc1. The smallest absolute Gasteiger partial charge is 0.0462 e. The normalized spacial score (nSPS) is 11.4. The number of hydrogen-bond donors (Lipinski definition) is 0. The van der Waals surface area contributed by atoms with E-state index in [2.05, 4.69) is 242 Å². The molecule has 0 aromatic heterocycles. The van der Waals surface area contributed by atoms with Crippen LogP contribution in [0.3, 0.4) is 0 Å². The zero-order valence-corrected chi connectivity index (χ0v) is 31.5. The molecule has 10 rings (SSSR count). The van der Waals surface area contributed by atoms with Crippen LogP contribution in [0.25, 0.3) is 77.9 Å². The molecule has 0 bridgehead atoms. The summed E-state index contributed by atoms with van der Waals surface area (Å²) in [6.07, 6.45) is 4.48. The summed E-state index contributed by atoms with van der Waals surface area (Å²) < 4.78 is 0. The molecule has 0 unspecified atom stereocenters. The molecule has 0 aliphatic heterocycles. The number of hydrogen-bond acceptors (Lipinski definition) is 1. The first-order valence-corrected chi connectivity index (χ1v) is 19.6. The maximum absolute atomic E-state index is 2.31. The van der Waals surface area contributed by atoms with Gasteiger partial charge in [-0.05, 0) is 113 Å². The summed E-state index contributed by atoms with van der Waals surface area (Å²) in [6, 6.07) is 80.9. The summed E-state index contributed by atoms with van der Waals surface area (Å²) in [7, 11) is 0. The van der Waals surface area contributed by atoms with Crippen molar-refractivity contribution in [2.24, 2.45) is 0 Å². The van der Waals surface area contributed by atoms with E-state index in [1.807, 2.05) is 0 Å². The van der Waals surface area contributed by atoms with Crippen LogP contribution in [0.2, 0.25) is 0 Å². The lowest BCUT2D eigenvalue weighted by atomic mass is 9.86. The Morgan fingerprint density at radius 2 is 0.667 bits per heavy atom. The van der Waals surface area contributed by atoms with E-state index in [0.29, 0.717) is 0 Å². The summed E-state index contributed by atoms with van der Waals surface area (Å²) in [4.78, 5) is 2.31. The van der Waals surface area contributed by atoms with E-state index in [9.17, 15) is 0 Å². The fourth-order valence-electron chi connectivity index (χ4n) is 8.41. The van der Waals surface area contributed by atoms with Gasteiger partial charge in [0.05, 0.1) is 0 Å². The monoisotopic (exact) mass is 725 g/mol. The van der Waals surface area contributed by atoms with Gasteiger partial charge in [-0.25, -0.2) is 0 Å². The number of fused-ring (bicyclic) bond motifs is 3. The molecule has 0 heterocycles. The van der Waals surface area contributed by atoms with Crippen LogP contribution in [-0.4, -0.2) is 0 Å². The van der Waals surface area contributed by atoms with E-state index in [1.165, 1.54) is 76.8 Å². The quantitative estimate of drug-likeness (QED) is 0.111. The van der Waals surface area contributed by atoms with Gasteiger partial charge in [-0.1, -0.05) is 200 Å². The van der Waals surface area contributed by atoms with Gasteiger partial charge in [-0.3, -0.25) is 0 Å². The fourth-order valence-corrected chi connectivity index (χ4v) is 8.41. The molecule has 10 aromatic carbocycles. The van der Waals surface area contributed by atoms with E-state index in [-0.39, 0.29) is 0 Å². The van der Waals surface area contributed by atoms with Crippen molar-refractivity contribution >= 4 is 61.5 Å². The Morgan fingerprint density at radius 3 is 1.18 bits per heavy atom. The predicted octanol–water partition coefficient (Wildman–Crippen LogP) is 15.8. The number of anilines is 3. The molecule has 0 amide bonds. The molecule has 0 radical (unpaired) electrons. The van der Waals surface area contributed by atoms with Crippen LogP contribution in [-0.2, 0) is 0 Å². The third kappa shape index (κ3) is 6.46. The Kier molecular flexibility index (Phi) is 8.95. The molecule has 10 aromatic rings. The summed E-state index contributed by atoms with van der Waals surface area (Å²) in [5.41, 5.74) is 13.2. The molecule has 57 heavy (non-hydrogen) atoms. The van der Waals surface area contributed by atoms with Crippen LogP contribution in [0, 0.1) is 0 Å². The molecule has 1 nitrogen and oxygen atoms in total. The molecule has 0 saturated heterocycles. The first-order chi connectivity index (χ1) is 28.3. The van der Waals surface area contributed by atoms with Gasteiger partial charge in [-0.15, -0.1) is 0 Å². The third-order valence-electron chi connectivity index (χ3n) is 11.1. The molecule has 0 N–H and O–H groups in total. The first kappa shape index (κ1) is 34.0. The number of nitrogens with zero attached hydrogens (tertiary/aromatic N) is 1. The van der Waals surface area contributed by atoms with E-state index in [0.717, 1.165) is 17.1 Å². The Bertz CT molecular complexity index is 2920. The minimum absolute atomic E-state index is 1.12. The van der Waals surface area contributed by atoms with Crippen LogP contribution in [0.15, 0.2) is 224 Å². The highest BCUT2D eigenvalue weighted by atomic mass is 15.1. The second-order valence-electron chi connectivity index (χ2n) is 14.5. The second-order valence-corrected chi connectivity index (χ2v) is 14.5. The Labute approximate surface area is 334 Å². The van der Waals surface area contributed by atoms with Crippen LogP contribution in [0.5, 0.6) is 0 Å². The number of para-hydroxylation sites is 2. The van der Waals surface area contributed by atoms with Gasteiger partial charge in [0.25, 0.3) is 0 Å². The molecule has 1 heteroatoms. The Balaban J connectivity index is 1.02. The van der Waals surface area contributed by atoms with Gasteiger partial charge in [0.15, 0.2) is 0 Å². The molecular formula is C56H39N. The summed E-state index contributed by atoms with van der Waals surface area (Å²) >= 11 is 0. The van der Waals surface area contributed by atoms with Crippen molar-refractivity contribution in [2.45, 2.75) is 0 Å². The lowest BCUT2D eigenvalue weighted by Gasteiger charge is -2.25. The van der Waals surface area contributed by atoms with Crippen molar-refractivity contribution < 1.29 is 0 Å². The molecule has 0 saturated carbocycles. The first-order valence-electron chi connectivity index (χ1n) is 19.6. The van der Waals surface area contributed by atoms with E-state index in [4.69, 9.17) is 0 Å². The Hall–Kier alpha value is -7.48. The molecule has 0 atom stereocenters. The summed E-state index contributed by atoms with van der Waals surface area (Å²) in [6.45, 7) is 0. The molecular weight excluding hydrogens is 687 g/mol. The van der Waals surface area contributed by atoms with E-state index in [1.54, 1.807) is 0 Å². The summed E-state index contributed by atoms with van der Waals surface area (Å²) in [5, 5.41) is 7.51. The van der Waals surface area contributed by atoms with Gasteiger partial charge < -0.3 is 4.90 Å². The van der Waals surface area contributed by atoms with Crippen molar-refractivity contribution in [3.63, 3.8) is 0 Å². The maximum Gasteiger partial charge on any atom is 0.0462 e. The van der Waals surface area contributed by atoms with Gasteiger partial charge >= 0.3 is 0 Å². The predicted molar refractivity (Wildman–Crippen MR) is 245 cm³/mol. The van der Waals surface area contributed by atoms with Crippen molar-refractivity contribution in [1.82, 2.24) is 0 Å². The number of benzene rings is 10. The lowest BCUT2D eigenvalue weighted by Crippen LogP contribution is -2.09. The topological polar surface area (TPSA) is 3.24 Å². The number of rotatable bonds is 8. The van der Waals surface area contributed by atoms with Gasteiger partial charge in [-0.2, -0.15) is 0 Å².